The number of hydrogen-bond donors (Lipinski definition) is 2. The van der Waals surface area contributed by atoms with E-state index in [2.05, 4.69) is 38.3 Å². The van der Waals surface area contributed by atoms with Crippen LogP contribution in [-0.2, 0) is 6.54 Å². The van der Waals surface area contributed by atoms with Crippen molar-refractivity contribution in [2.45, 2.75) is 45.2 Å². The summed E-state index contributed by atoms with van der Waals surface area (Å²) < 4.78 is 10.2. The number of aromatic nitrogens is 6. The van der Waals surface area contributed by atoms with Crippen molar-refractivity contribution in [3.05, 3.63) is 75.5 Å². The van der Waals surface area contributed by atoms with Gasteiger partial charge in [0, 0.05) is 24.0 Å². The van der Waals surface area contributed by atoms with Crippen LogP contribution in [0.2, 0.25) is 0 Å². The largest absolute Gasteiger partial charge is 0.496 e. The van der Waals surface area contributed by atoms with Crippen molar-refractivity contribution in [2.75, 3.05) is 25.5 Å². The minimum atomic E-state index is -0.274. The number of benzene rings is 1. The standard InChI is InChI=1S/C27H32N8O3/c1-5-14-33-26(37)21-16-29-27(31-25(21)35(33)23-8-9-24(36)34(32-23)17(2)3)30-19-6-7-20(22(15-19)38-4)18-10-12-28-13-11-18/h5-9,15-18,28H,1,10-14H2,2-4H3,(H,29,30,31). The van der Waals surface area contributed by atoms with Gasteiger partial charge in [-0.3, -0.25) is 9.59 Å². The number of ether oxygens (including phenoxy) is 1. The van der Waals surface area contributed by atoms with E-state index >= 15 is 0 Å². The third-order valence-corrected chi connectivity index (χ3v) is 6.76. The highest BCUT2D eigenvalue weighted by atomic mass is 16.5. The van der Waals surface area contributed by atoms with Crippen LogP contribution < -0.4 is 26.5 Å². The van der Waals surface area contributed by atoms with Gasteiger partial charge in [0.05, 0.1) is 19.7 Å². The Labute approximate surface area is 219 Å². The lowest BCUT2D eigenvalue weighted by Crippen LogP contribution is -2.28. The molecule has 0 amide bonds. The summed E-state index contributed by atoms with van der Waals surface area (Å²) in [6.45, 7) is 9.75. The third-order valence-electron chi connectivity index (χ3n) is 6.76. The number of piperidine rings is 1. The van der Waals surface area contributed by atoms with E-state index in [9.17, 15) is 9.59 Å². The maximum absolute atomic E-state index is 13.2. The topological polar surface area (TPSA) is 121 Å². The monoisotopic (exact) mass is 516 g/mol. The average Bonchev–Trinajstić information content (AvgIpc) is 3.20. The number of fused-ring (bicyclic) bond motifs is 1. The SMILES string of the molecule is C=CCn1c(=O)c2cnc(Nc3ccc(C4CCNCC4)c(OC)c3)nc2n1-c1ccc(=O)n(C(C)C)n1. The molecule has 11 nitrogen and oxygen atoms in total. The molecule has 0 spiro atoms. The third kappa shape index (κ3) is 4.72. The molecule has 1 fully saturated rings. The van der Waals surface area contributed by atoms with E-state index in [1.54, 1.807) is 23.9 Å². The molecule has 1 aliphatic rings. The molecule has 0 bridgehead atoms. The van der Waals surface area contributed by atoms with Crippen molar-refractivity contribution in [1.82, 2.24) is 34.4 Å². The summed E-state index contributed by atoms with van der Waals surface area (Å²) in [5.74, 6) is 1.98. The zero-order valence-corrected chi connectivity index (χ0v) is 21.8. The zero-order chi connectivity index (χ0) is 26.8. The normalized spacial score (nSPS) is 14.2. The van der Waals surface area contributed by atoms with Crippen molar-refractivity contribution in [2.24, 2.45) is 0 Å². The van der Waals surface area contributed by atoms with E-state index in [-0.39, 0.29) is 23.7 Å². The number of methoxy groups -OCH3 is 1. The van der Waals surface area contributed by atoms with Crippen molar-refractivity contribution in [3.8, 4) is 11.6 Å². The predicted molar refractivity (Wildman–Crippen MR) is 147 cm³/mol. The van der Waals surface area contributed by atoms with Crippen molar-refractivity contribution in [3.63, 3.8) is 0 Å². The molecule has 4 aromatic rings. The highest BCUT2D eigenvalue weighted by molar-refractivity contribution is 5.77. The van der Waals surface area contributed by atoms with Crippen LogP contribution in [0.4, 0.5) is 11.6 Å². The fourth-order valence-electron chi connectivity index (χ4n) is 4.89. The molecule has 3 aromatic heterocycles. The summed E-state index contributed by atoms with van der Waals surface area (Å²) in [5, 5.41) is 11.5. The van der Waals surface area contributed by atoms with E-state index in [0.717, 1.165) is 37.4 Å². The first kappa shape index (κ1) is 25.4. The summed E-state index contributed by atoms with van der Waals surface area (Å²) >= 11 is 0. The Hall–Kier alpha value is -4.25. The van der Waals surface area contributed by atoms with Crippen LogP contribution in [-0.4, -0.2) is 49.3 Å². The second kappa shape index (κ2) is 10.6. The molecular formula is C27H32N8O3. The molecule has 1 saturated heterocycles. The van der Waals surface area contributed by atoms with E-state index in [0.29, 0.717) is 28.7 Å². The fourth-order valence-corrected chi connectivity index (χ4v) is 4.89. The van der Waals surface area contributed by atoms with E-state index < -0.39 is 0 Å². The Morgan fingerprint density at radius 1 is 1.21 bits per heavy atom. The lowest BCUT2D eigenvalue weighted by atomic mass is 9.89. The van der Waals surface area contributed by atoms with Gasteiger partial charge in [0.25, 0.3) is 11.1 Å². The molecule has 0 radical (unpaired) electrons. The minimum absolute atomic E-state index is 0.154. The van der Waals surface area contributed by atoms with Crippen molar-refractivity contribution >= 4 is 22.7 Å². The van der Waals surface area contributed by atoms with E-state index in [4.69, 9.17) is 4.74 Å². The van der Waals surface area contributed by atoms with Crippen LogP contribution in [0.5, 0.6) is 5.75 Å². The van der Waals surface area contributed by atoms with Crippen LogP contribution >= 0.6 is 0 Å². The lowest BCUT2D eigenvalue weighted by molar-refractivity contribution is 0.392. The number of hydrogen-bond acceptors (Lipinski definition) is 8. The van der Waals surface area contributed by atoms with Gasteiger partial charge < -0.3 is 15.4 Å². The molecule has 38 heavy (non-hydrogen) atoms. The van der Waals surface area contributed by atoms with Gasteiger partial charge in [-0.25, -0.2) is 19.0 Å². The predicted octanol–water partition coefficient (Wildman–Crippen LogP) is 3.13. The van der Waals surface area contributed by atoms with Gasteiger partial charge in [-0.1, -0.05) is 12.1 Å². The highest BCUT2D eigenvalue weighted by Gasteiger charge is 2.21. The number of rotatable bonds is 8. The van der Waals surface area contributed by atoms with Crippen LogP contribution in [0.3, 0.4) is 0 Å². The Bertz CT molecular complexity index is 1590. The van der Waals surface area contributed by atoms with Gasteiger partial charge in [-0.2, -0.15) is 4.98 Å². The van der Waals surface area contributed by atoms with Gasteiger partial charge in [-0.05, 0) is 63.4 Å². The summed E-state index contributed by atoms with van der Waals surface area (Å²) in [4.78, 5) is 34.6. The highest BCUT2D eigenvalue weighted by Crippen LogP contribution is 2.35. The quantitative estimate of drug-likeness (QED) is 0.343. The molecule has 1 aliphatic heterocycles. The molecule has 11 heteroatoms. The van der Waals surface area contributed by atoms with Gasteiger partial charge >= 0.3 is 0 Å². The molecule has 5 rings (SSSR count). The number of nitrogens with zero attached hydrogens (tertiary/aromatic N) is 6. The van der Waals surface area contributed by atoms with Crippen molar-refractivity contribution < 1.29 is 4.74 Å². The molecule has 1 aromatic carbocycles. The lowest BCUT2D eigenvalue weighted by Gasteiger charge is -2.25. The van der Waals surface area contributed by atoms with Crippen LogP contribution in [0.25, 0.3) is 16.9 Å². The Morgan fingerprint density at radius 2 is 2.00 bits per heavy atom. The van der Waals surface area contributed by atoms with Crippen LogP contribution in [0.15, 0.2) is 58.8 Å². The first-order chi connectivity index (χ1) is 18.4. The Kier molecular flexibility index (Phi) is 7.10. The summed E-state index contributed by atoms with van der Waals surface area (Å²) in [5.41, 5.74) is 1.83. The van der Waals surface area contributed by atoms with Crippen LogP contribution in [0, 0.1) is 0 Å². The van der Waals surface area contributed by atoms with Gasteiger partial charge in [0.2, 0.25) is 5.95 Å². The number of anilines is 2. The number of allylic oxidation sites excluding steroid dienone is 1. The van der Waals surface area contributed by atoms with Gasteiger partial charge in [0.1, 0.15) is 11.1 Å². The first-order valence-electron chi connectivity index (χ1n) is 12.8. The molecule has 4 heterocycles. The Balaban J connectivity index is 1.57. The molecule has 0 atom stereocenters. The molecule has 0 unspecified atom stereocenters. The average molecular weight is 517 g/mol. The van der Waals surface area contributed by atoms with Gasteiger partial charge in [-0.15, -0.1) is 11.7 Å². The summed E-state index contributed by atoms with van der Waals surface area (Å²) in [6.07, 6.45) is 5.26. The van der Waals surface area contributed by atoms with Gasteiger partial charge in [0.15, 0.2) is 11.5 Å². The molecular weight excluding hydrogens is 484 g/mol. The fraction of sp³-hybridized carbons (Fsp3) is 0.370. The zero-order valence-electron chi connectivity index (χ0n) is 21.8. The molecule has 198 valence electrons. The minimum Gasteiger partial charge on any atom is -0.496 e. The van der Waals surface area contributed by atoms with E-state index in [1.807, 2.05) is 26.0 Å². The van der Waals surface area contributed by atoms with Crippen molar-refractivity contribution in [1.29, 1.82) is 0 Å². The molecule has 0 aliphatic carbocycles. The molecule has 0 saturated carbocycles. The first-order valence-corrected chi connectivity index (χ1v) is 12.8. The second-order valence-electron chi connectivity index (χ2n) is 9.59. The summed E-state index contributed by atoms with van der Waals surface area (Å²) in [7, 11) is 1.68. The van der Waals surface area contributed by atoms with E-state index in [1.165, 1.54) is 27.2 Å². The number of nitrogens with one attached hydrogen (secondary N) is 2. The maximum atomic E-state index is 13.2. The Morgan fingerprint density at radius 3 is 2.71 bits per heavy atom. The second-order valence-corrected chi connectivity index (χ2v) is 9.59. The maximum Gasteiger partial charge on any atom is 0.278 e. The smallest absolute Gasteiger partial charge is 0.278 e. The molecule has 2 N–H and O–H groups in total. The summed E-state index contributed by atoms with van der Waals surface area (Å²) in [6, 6.07) is 8.89. The van der Waals surface area contributed by atoms with Crippen LogP contribution in [0.1, 0.15) is 44.2 Å².